The second-order valence-corrected chi connectivity index (χ2v) is 5.83. The molecule has 0 aromatic heterocycles. The predicted molar refractivity (Wildman–Crippen MR) is 64.6 cm³/mol. The van der Waals surface area contributed by atoms with Crippen molar-refractivity contribution in [3.05, 3.63) is 0 Å². The Morgan fingerprint density at radius 1 is 1.47 bits per heavy atom. The molecule has 0 spiro atoms. The monoisotopic (exact) mass is 244 g/mol. The molecule has 0 bridgehead atoms. The van der Waals surface area contributed by atoms with Gasteiger partial charge in [0.25, 0.3) is 0 Å². The van der Waals surface area contributed by atoms with Crippen molar-refractivity contribution in [2.24, 2.45) is 5.41 Å². The Balaban J connectivity index is 2.54. The van der Waals surface area contributed by atoms with Crippen LogP contribution >= 0.6 is 0 Å². The zero-order chi connectivity index (χ0) is 13.1. The van der Waals surface area contributed by atoms with Crippen LogP contribution in [0, 0.1) is 5.41 Å². The highest BCUT2D eigenvalue weighted by atomic mass is 16.7. The van der Waals surface area contributed by atoms with E-state index in [1.54, 1.807) is 6.92 Å². The highest BCUT2D eigenvalue weighted by molar-refractivity contribution is 5.68. The predicted octanol–water partition coefficient (Wildman–Crippen LogP) is 2.51. The highest BCUT2D eigenvalue weighted by Gasteiger charge is 2.39. The van der Waals surface area contributed by atoms with Gasteiger partial charge in [-0.3, -0.25) is 4.79 Å². The van der Waals surface area contributed by atoms with E-state index in [0.717, 1.165) is 6.42 Å². The van der Waals surface area contributed by atoms with Crippen molar-refractivity contribution in [2.75, 3.05) is 13.2 Å². The highest BCUT2D eigenvalue weighted by Crippen LogP contribution is 2.33. The first-order chi connectivity index (χ1) is 7.77. The molecule has 1 aliphatic rings. The van der Waals surface area contributed by atoms with E-state index in [0.29, 0.717) is 19.6 Å². The van der Waals surface area contributed by atoms with Gasteiger partial charge in [0.05, 0.1) is 12.2 Å². The number of rotatable bonds is 4. The lowest BCUT2D eigenvalue weighted by Gasteiger charge is -2.42. The second kappa shape index (κ2) is 5.36. The van der Waals surface area contributed by atoms with Gasteiger partial charge in [0.15, 0.2) is 6.29 Å². The van der Waals surface area contributed by atoms with Gasteiger partial charge in [0, 0.05) is 11.8 Å². The van der Waals surface area contributed by atoms with Gasteiger partial charge in [-0.1, -0.05) is 20.8 Å². The molecule has 1 rings (SSSR count). The van der Waals surface area contributed by atoms with E-state index in [-0.39, 0.29) is 23.3 Å². The van der Waals surface area contributed by atoms with E-state index in [4.69, 9.17) is 14.2 Å². The van der Waals surface area contributed by atoms with Crippen LogP contribution in [0.3, 0.4) is 0 Å². The minimum atomic E-state index is -0.331. The summed E-state index contributed by atoms with van der Waals surface area (Å²) >= 11 is 0. The van der Waals surface area contributed by atoms with Gasteiger partial charge in [-0.05, 0) is 20.3 Å². The topological polar surface area (TPSA) is 44.8 Å². The largest absolute Gasteiger partial charge is 0.465 e. The summed E-state index contributed by atoms with van der Waals surface area (Å²) in [7, 11) is 0. The van der Waals surface area contributed by atoms with Gasteiger partial charge in [0.2, 0.25) is 0 Å². The van der Waals surface area contributed by atoms with Crippen LogP contribution in [-0.2, 0) is 19.0 Å². The molecule has 0 saturated carbocycles. The van der Waals surface area contributed by atoms with Crippen LogP contribution in [0.25, 0.3) is 0 Å². The molecule has 4 nitrogen and oxygen atoms in total. The summed E-state index contributed by atoms with van der Waals surface area (Å²) < 4.78 is 16.7. The van der Waals surface area contributed by atoms with Crippen LogP contribution < -0.4 is 0 Å². The summed E-state index contributed by atoms with van der Waals surface area (Å²) in [6, 6.07) is 0. The van der Waals surface area contributed by atoms with Crippen molar-refractivity contribution in [3.63, 3.8) is 0 Å². The lowest BCUT2D eigenvalue weighted by atomic mass is 9.92. The van der Waals surface area contributed by atoms with Crippen molar-refractivity contribution < 1.29 is 19.0 Å². The van der Waals surface area contributed by atoms with Crippen LogP contribution in [0.1, 0.15) is 47.5 Å². The minimum absolute atomic E-state index is 0.172. The molecule has 1 atom stereocenters. The maximum Gasteiger partial charge on any atom is 0.305 e. The summed E-state index contributed by atoms with van der Waals surface area (Å²) in [6.45, 7) is 10.9. The maximum absolute atomic E-state index is 11.2. The third-order valence-corrected chi connectivity index (χ3v) is 2.93. The Kier molecular flexibility index (Phi) is 4.55. The summed E-state index contributed by atoms with van der Waals surface area (Å²) in [5.41, 5.74) is -0.503. The van der Waals surface area contributed by atoms with Crippen LogP contribution in [0.15, 0.2) is 0 Å². The molecule has 1 saturated heterocycles. The smallest absolute Gasteiger partial charge is 0.305 e. The van der Waals surface area contributed by atoms with Crippen molar-refractivity contribution in [3.8, 4) is 0 Å². The van der Waals surface area contributed by atoms with E-state index in [1.165, 1.54) is 0 Å². The average molecular weight is 244 g/mol. The number of hydrogen-bond donors (Lipinski definition) is 0. The maximum atomic E-state index is 11.2. The fourth-order valence-corrected chi connectivity index (χ4v) is 1.62. The number of carbonyl (C=O) groups is 1. The zero-order valence-electron chi connectivity index (χ0n) is 11.5. The molecule has 0 aromatic carbocycles. The van der Waals surface area contributed by atoms with E-state index in [9.17, 15) is 4.79 Å². The molecule has 17 heavy (non-hydrogen) atoms. The lowest BCUT2D eigenvalue weighted by Crippen LogP contribution is -2.48. The summed E-state index contributed by atoms with van der Waals surface area (Å²) in [6.07, 6.45) is 0.957. The van der Waals surface area contributed by atoms with E-state index >= 15 is 0 Å². The lowest BCUT2D eigenvalue weighted by molar-refractivity contribution is -0.288. The van der Waals surface area contributed by atoms with Gasteiger partial charge in [0.1, 0.15) is 6.61 Å². The normalized spacial score (nSPS) is 24.4. The first-order valence-corrected chi connectivity index (χ1v) is 6.22. The molecule has 1 heterocycles. The molecule has 1 aliphatic heterocycles. The van der Waals surface area contributed by atoms with Gasteiger partial charge < -0.3 is 14.2 Å². The van der Waals surface area contributed by atoms with Crippen molar-refractivity contribution in [2.45, 2.75) is 59.4 Å². The van der Waals surface area contributed by atoms with Gasteiger partial charge in [-0.15, -0.1) is 0 Å². The summed E-state index contributed by atoms with van der Waals surface area (Å²) in [5, 5.41) is 0. The van der Waals surface area contributed by atoms with Gasteiger partial charge >= 0.3 is 5.97 Å². The quantitative estimate of drug-likeness (QED) is 0.713. The van der Waals surface area contributed by atoms with Crippen LogP contribution in [-0.4, -0.2) is 31.1 Å². The van der Waals surface area contributed by atoms with Crippen LogP contribution in [0.5, 0.6) is 0 Å². The summed E-state index contributed by atoms with van der Waals surface area (Å²) in [4.78, 5) is 11.2. The molecular weight excluding hydrogens is 220 g/mol. The summed E-state index contributed by atoms with van der Waals surface area (Å²) in [5.74, 6) is -0.187. The Morgan fingerprint density at radius 3 is 2.65 bits per heavy atom. The van der Waals surface area contributed by atoms with Crippen molar-refractivity contribution >= 4 is 5.97 Å². The SMILES string of the molecule is CCC(=O)OCC(C)(C)C1OCCC(C)(C)O1. The number of carbonyl (C=O) groups excluding carboxylic acids is 1. The third kappa shape index (κ3) is 4.28. The molecule has 0 aromatic rings. The molecule has 1 fully saturated rings. The number of hydrogen-bond acceptors (Lipinski definition) is 4. The molecular formula is C13H24O4. The molecule has 0 aliphatic carbocycles. The molecule has 0 radical (unpaired) electrons. The Labute approximate surface area is 104 Å². The van der Waals surface area contributed by atoms with Crippen molar-refractivity contribution in [1.82, 2.24) is 0 Å². The Morgan fingerprint density at radius 2 is 2.12 bits per heavy atom. The third-order valence-electron chi connectivity index (χ3n) is 2.93. The van der Waals surface area contributed by atoms with Gasteiger partial charge in [-0.2, -0.15) is 0 Å². The van der Waals surface area contributed by atoms with E-state index in [1.807, 2.05) is 13.8 Å². The Hall–Kier alpha value is -0.610. The van der Waals surface area contributed by atoms with Gasteiger partial charge in [-0.25, -0.2) is 0 Å². The molecule has 0 amide bonds. The number of ether oxygens (including phenoxy) is 3. The van der Waals surface area contributed by atoms with E-state index in [2.05, 4.69) is 13.8 Å². The molecule has 4 heteroatoms. The minimum Gasteiger partial charge on any atom is -0.465 e. The zero-order valence-corrected chi connectivity index (χ0v) is 11.5. The second-order valence-electron chi connectivity index (χ2n) is 5.83. The molecule has 100 valence electrons. The number of esters is 1. The first-order valence-electron chi connectivity index (χ1n) is 6.22. The molecule has 1 unspecified atom stereocenters. The van der Waals surface area contributed by atoms with Crippen LogP contribution in [0.4, 0.5) is 0 Å². The average Bonchev–Trinajstić information content (AvgIpc) is 2.24. The first kappa shape index (κ1) is 14.5. The van der Waals surface area contributed by atoms with Crippen molar-refractivity contribution in [1.29, 1.82) is 0 Å². The fraction of sp³-hybridized carbons (Fsp3) is 0.923. The fourth-order valence-electron chi connectivity index (χ4n) is 1.62. The van der Waals surface area contributed by atoms with Crippen LogP contribution in [0.2, 0.25) is 0 Å². The molecule has 0 N–H and O–H groups in total. The standard InChI is InChI=1S/C13H24O4/c1-6-10(14)16-9-12(2,3)11-15-8-7-13(4,5)17-11/h11H,6-9H2,1-5H3. The van der Waals surface area contributed by atoms with E-state index < -0.39 is 0 Å². The Bertz CT molecular complexity index is 271.